The Morgan fingerprint density at radius 2 is 2.23 bits per heavy atom. The summed E-state index contributed by atoms with van der Waals surface area (Å²) in [6.45, 7) is 6.20. The van der Waals surface area contributed by atoms with Crippen molar-refractivity contribution in [2.75, 3.05) is 33.2 Å². The summed E-state index contributed by atoms with van der Waals surface area (Å²) >= 11 is 0. The Morgan fingerprint density at radius 1 is 1.38 bits per heavy atom. The lowest BCUT2D eigenvalue weighted by Gasteiger charge is -2.23. The van der Waals surface area contributed by atoms with E-state index in [0.29, 0.717) is 6.04 Å². The maximum atomic E-state index is 13.4. The van der Waals surface area contributed by atoms with Crippen LogP contribution in [-0.2, 0) is 6.42 Å². The maximum absolute atomic E-state index is 13.4. The highest BCUT2D eigenvalue weighted by Gasteiger charge is 2.22. The summed E-state index contributed by atoms with van der Waals surface area (Å²) in [5.41, 5.74) is 2.09. The van der Waals surface area contributed by atoms with Gasteiger partial charge in [-0.05, 0) is 56.1 Å². The largest absolute Gasteiger partial charge is 0.361 e. The molecule has 2 heterocycles. The van der Waals surface area contributed by atoms with Gasteiger partial charge in [0.05, 0.1) is 0 Å². The van der Waals surface area contributed by atoms with Crippen molar-refractivity contribution in [3.8, 4) is 0 Å². The van der Waals surface area contributed by atoms with E-state index in [9.17, 15) is 4.39 Å². The van der Waals surface area contributed by atoms with E-state index in [0.717, 1.165) is 48.5 Å². The molecule has 5 nitrogen and oxygen atoms in total. The molecule has 1 aromatic carbocycles. The van der Waals surface area contributed by atoms with Gasteiger partial charge in [0.15, 0.2) is 5.96 Å². The summed E-state index contributed by atoms with van der Waals surface area (Å²) in [5, 5.41) is 7.74. The molecule has 2 aromatic rings. The number of hydrogen-bond acceptors (Lipinski definition) is 2. The predicted molar refractivity (Wildman–Crippen MR) is 117 cm³/mol. The molecule has 1 fully saturated rings. The average molecular weight is 473 g/mol. The predicted octanol–water partition coefficient (Wildman–Crippen LogP) is 3.12. The lowest BCUT2D eigenvalue weighted by atomic mass is 10.1. The van der Waals surface area contributed by atoms with Gasteiger partial charge in [0.25, 0.3) is 0 Å². The van der Waals surface area contributed by atoms with E-state index in [-0.39, 0.29) is 29.8 Å². The Balaban J connectivity index is 0.00000243. The van der Waals surface area contributed by atoms with Crippen LogP contribution in [0.25, 0.3) is 10.9 Å². The number of nitrogens with zero attached hydrogens (tertiary/aromatic N) is 2. The molecule has 1 aliphatic heterocycles. The van der Waals surface area contributed by atoms with Gasteiger partial charge in [-0.25, -0.2) is 4.39 Å². The van der Waals surface area contributed by atoms with Gasteiger partial charge < -0.3 is 15.6 Å². The van der Waals surface area contributed by atoms with Crippen molar-refractivity contribution in [3.05, 3.63) is 35.8 Å². The number of likely N-dealkylation sites (tertiary alicyclic amines) is 1. The van der Waals surface area contributed by atoms with E-state index in [2.05, 4.69) is 32.4 Å². The number of aliphatic imine (C=N–C) groups is 1. The first-order valence-corrected chi connectivity index (χ1v) is 9.15. The number of H-pyrrole nitrogens is 1. The molecule has 0 bridgehead atoms. The molecule has 7 heteroatoms. The van der Waals surface area contributed by atoms with Gasteiger partial charge in [0.1, 0.15) is 5.82 Å². The van der Waals surface area contributed by atoms with Crippen molar-refractivity contribution in [3.63, 3.8) is 0 Å². The third-order valence-electron chi connectivity index (χ3n) is 5.05. The first kappa shape index (κ1) is 21.0. The summed E-state index contributed by atoms with van der Waals surface area (Å²) in [6.07, 6.45) is 5.30. The minimum atomic E-state index is -0.198. The fraction of sp³-hybridized carbons (Fsp3) is 0.526. The number of rotatable bonds is 6. The number of halogens is 2. The number of fused-ring (bicyclic) bond motifs is 1. The zero-order chi connectivity index (χ0) is 17.6. The molecule has 1 unspecified atom stereocenters. The fourth-order valence-corrected chi connectivity index (χ4v) is 3.65. The van der Waals surface area contributed by atoms with Gasteiger partial charge in [-0.3, -0.25) is 9.89 Å². The summed E-state index contributed by atoms with van der Waals surface area (Å²) in [5.74, 6) is 0.629. The quantitative estimate of drug-likeness (QED) is 0.344. The number of hydrogen-bond donors (Lipinski definition) is 3. The Labute approximate surface area is 171 Å². The molecular weight excluding hydrogens is 444 g/mol. The minimum Gasteiger partial charge on any atom is -0.361 e. The van der Waals surface area contributed by atoms with E-state index in [1.165, 1.54) is 25.5 Å². The molecule has 1 aliphatic rings. The van der Waals surface area contributed by atoms with E-state index in [4.69, 9.17) is 0 Å². The first-order valence-electron chi connectivity index (χ1n) is 9.15. The standard InChI is InChI=1S/C19H28FN5.HI/c1-3-25-10-4-5-16(25)13-24-19(21-2)22-9-8-14-12-23-18-7-6-15(20)11-17(14)18;/h6-7,11-12,16,23H,3-5,8-10,13H2,1-2H3,(H2,21,22,24);1H. The number of aromatic nitrogens is 1. The lowest BCUT2D eigenvalue weighted by molar-refractivity contribution is 0.267. The molecule has 0 saturated carbocycles. The monoisotopic (exact) mass is 473 g/mol. The lowest BCUT2D eigenvalue weighted by Crippen LogP contribution is -2.45. The number of nitrogens with one attached hydrogen (secondary N) is 3. The highest BCUT2D eigenvalue weighted by molar-refractivity contribution is 14.0. The maximum Gasteiger partial charge on any atom is 0.191 e. The molecule has 0 amide bonds. The van der Waals surface area contributed by atoms with Crippen LogP contribution >= 0.6 is 24.0 Å². The van der Waals surface area contributed by atoms with Gasteiger partial charge in [0, 0.05) is 43.3 Å². The second-order valence-corrected chi connectivity index (χ2v) is 6.56. The van der Waals surface area contributed by atoms with Crippen LogP contribution in [0.5, 0.6) is 0 Å². The van der Waals surface area contributed by atoms with Crippen LogP contribution in [0.2, 0.25) is 0 Å². The zero-order valence-corrected chi connectivity index (χ0v) is 17.8. The number of guanidine groups is 1. The Hall–Kier alpha value is -1.35. The molecule has 144 valence electrons. The molecule has 0 aliphatic carbocycles. The van der Waals surface area contributed by atoms with Crippen LogP contribution in [0.1, 0.15) is 25.3 Å². The van der Waals surface area contributed by atoms with Gasteiger partial charge in [-0.15, -0.1) is 24.0 Å². The third kappa shape index (κ3) is 5.09. The Bertz CT molecular complexity index is 730. The van der Waals surface area contributed by atoms with Crippen molar-refractivity contribution < 1.29 is 4.39 Å². The fourth-order valence-electron chi connectivity index (χ4n) is 3.65. The van der Waals surface area contributed by atoms with Crippen LogP contribution in [0.15, 0.2) is 29.4 Å². The van der Waals surface area contributed by atoms with E-state index < -0.39 is 0 Å². The smallest absolute Gasteiger partial charge is 0.191 e. The van der Waals surface area contributed by atoms with Gasteiger partial charge >= 0.3 is 0 Å². The van der Waals surface area contributed by atoms with Crippen LogP contribution in [0, 0.1) is 5.82 Å². The normalized spacial score (nSPS) is 18.1. The molecule has 26 heavy (non-hydrogen) atoms. The summed E-state index contributed by atoms with van der Waals surface area (Å²) < 4.78 is 13.4. The highest BCUT2D eigenvalue weighted by atomic mass is 127. The summed E-state index contributed by atoms with van der Waals surface area (Å²) in [6, 6.07) is 5.45. The van der Waals surface area contributed by atoms with Gasteiger partial charge in [-0.2, -0.15) is 0 Å². The van der Waals surface area contributed by atoms with E-state index in [1.54, 1.807) is 19.2 Å². The molecule has 3 rings (SSSR count). The number of benzene rings is 1. The molecular formula is C19H29FIN5. The van der Waals surface area contributed by atoms with Crippen LogP contribution in [0.4, 0.5) is 4.39 Å². The second-order valence-electron chi connectivity index (χ2n) is 6.56. The van der Waals surface area contributed by atoms with Crippen molar-refractivity contribution >= 4 is 40.8 Å². The minimum absolute atomic E-state index is 0. The first-order chi connectivity index (χ1) is 12.2. The van der Waals surface area contributed by atoms with Crippen molar-refractivity contribution in [1.29, 1.82) is 0 Å². The molecule has 1 saturated heterocycles. The highest BCUT2D eigenvalue weighted by Crippen LogP contribution is 2.19. The molecule has 0 radical (unpaired) electrons. The summed E-state index contributed by atoms with van der Waals surface area (Å²) in [4.78, 5) is 10.0. The number of aromatic amines is 1. The third-order valence-corrected chi connectivity index (χ3v) is 5.05. The van der Waals surface area contributed by atoms with Gasteiger partial charge in [-0.1, -0.05) is 6.92 Å². The van der Waals surface area contributed by atoms with Crippen molar-refractivity contribution in [2.45, 2.75) is 32.2 Å². The SMILES string of the molecule is CCN1CCCC1CNC(=NC)NCCc1c[nH]c2ccc(F)cc12.I. The van der Waals surface area contributed by atoms with Crippen LogP contribution in [-0.4, -0.2) is 55.1 Å². The molecule has 1 atom stereocenters. The Kier molecular flexibility index (Phi) is 8.15. The molecule has 0 spiro atoms. The average Bonchev–Trinajstić information content (AvgIpc) is 3.24. The Morgan fingerprint density at radius 3 is 3.00 bits per heavy atom. The molecule has 1 aromatic heterocycles. The molecule has 3 N–H and O–H groups in total. The van der Waals surface area contributed by atoms with Crippen LogP contribution < -0.4 is 10.6 Å². The second kappa shape index (κ2) is 10.1. The van der Waals surface area contributed by atoms with Gasteiger partial charge in [0.2, 0.25) is 0 Å². The number of likely N-dealkylation sites (N-methyl/N-ethyl adjacent to an activating group) is 1. The van der Waals surface area contributed by atoms with Crippen molar-refractivity contribution in [2.24, 2.45) is 4.99 Å². The van der Waals surface area contributed by atoms with Crippen molar-refractivity contribution in [1.82, 2.24) is 20.5 Å². The van der Waals surface area contributed by atoms with Crippen LogP contribution in [0.3, 0.4) is 0 Å². The van der Waals surface area contributed by atoms with E-state index >= 15 is 0 Å². The zero-order valence-electron chi connectivity index (χ0n) is 15.5. The summed E-state index contributed by atoms with van der Waals surface area (Å²) in [7, 11) is 1.79. The topological polar surface area (TPSA) is 55.4 Å². The van der Waals surface area contributed by atoms with E-state index in [1.807, 2.05) is 6.20 Å².